The molecule has 4 rings (SSSR count). The van der Waals surface area contributed by atoms with Crippen molar-refractivity contribution in [1.82, 2.24) is 4.90 Å². The number of hydrogen-bond acceptors (Lipinski definition) is 4. The molecule has 2 aromatic rings. The summed E-state index contributed by atoms with van der Waals surface area (Å²) in [5.74, 6) is 0.547. The van der Waals surface area contributed by atoms with Crippen LogP contribution < -0.4 is 4.74 Å². The van der Waals surface area contributed by atoms with Gasteiger partial charge in [-0.2, -0.15) is 0 Å². The molecule has 2 aliphatic heterocycles. The van der Waals surface area contributed by atoms with Crippen molar-refractivity contribution in [3.8, 4) is 5.75 Å². The van der Waals surface area contributed by atoms with E-state index in [1.54, 1.807) is 0 Å². The second kappa shape index (κ2) is 6.89. The molecule has 4 nitrogen and oxygen atoms in total. The van der Waals surface area contributed by atoms with E-state index in [2.05, 4.69) is 4.90 Å². The lowest BCUT2D eigenvalue weighted by atomic mass is 9.76. The van der Waals surface area contributed by atoms with Crippen LogP contribution in [0.5, 0.6) is 5.75 Å². The van der Waals surface area contributed by atoms with Crippen LogP contribution in [-0.2, 0) is 14.9 Å². The lowest BCUT2D eigenvalue weighted by Gasteiger charge is -2.27. The predicted octanol–water partition coefficient (Wildman–Crippen LogP) is 3.00. The Bertz CT molecular complexity index is 740. The Kier molecular flexibility index (Phi) is 4.45. The number of likely N-dealkylation sites (tertiary alicyclic amines) is 1. The van der Waals surface area contributed by atoms with Crippen LogP contribution in [0, 0.1) is 0 Å². The summed E-state index contributed by atoms with van der Waals surface area (Å²) < 4.78 is 11.6. The minimum Gasteiger partial charge on any atom is -0.491 e. The summed E-state index contributed by atoms with van der Waals surface area (Å²) in [6.45, 7) is 3.73. The minimum atomic E-state index is -0.872. The van der Waals surface area contributed by atoms with E-state index < -0.39 is 5.41 Å². The van der Waals surface area contributed by atoms with Crippen molar-refractivity contribution >= 4 is 5.97 Å². The van der Waals surface area contributed by atoms with E-state index in [9.17, 15) is 4.79 Å². The van der Waals surface area contributed by atoms with E-state index in [0.29, 0.717) is 13.2 Å². The van der Waals surface area contributed by atoms with Crippen molar-refractivity contribution in [3.05, 3.63) is 65.7 Å². The predicted molar refractivity (Wildman–Crippen MR) is 95.8 cm³/mol. The fourth-order valence-electron chi connectivity index (χ4n) is 3.85. The Balaban J connectivity index is 1.59. The molecular weight excluding hydrogens is 314 g/mol. The maximum absolute atomic E-state index is 13.2. The molecule has 0 saturated carbocycles. The smallest absolute Gasteiger partial charge is 0.324 e. The second-order valence-corrected chi connectivity index (χ2v) is 6.74. The van der Waals surface area contributed by atoms with Gasteiger partial charge in [0.2, 0.25) is 0 Å². The third-order valence-electron chi connectivity index (χ3n) is 5.25. The molecule has 0 N–H and O–H groups in total. The Hall–Kier alpha value is -2.33. The van der Waals surface area contributed by atoms with Crippen LogP contribution in [0.1, 0.15) is 24.0 Å². The second-order valence-electron chi connectivity index (χ2n) is 6.74. The summed E-state index contributed by atoms with van der Waals surface area (Å²) in [5.41, 5.74) is 0.946. The van der Waals surface area contributed by atoms with Gasteiger partial charge in [0.1, 0.15) is 19.0 Å². The van der Waals surface area contributed by atoms with Gasteiger partial charge in [0.15, 0.2) is 5.41 Å². The first kappa shape index (κ1) is 16.2. The number of para-hydroxylation sites is 1. The molecule has 1 saturated heterocycles. The first-order valence-corrected chi connectivity index (χ1v) is 8.98. The number of rotatable bonds is 5. The van der Waals surface area contributed by atoms with E-state index >= 15 is 0 Å². The average Bonchev–Trinajstić information content (AvgIpc) is 3.31. The van der Waals surface area contributed by atoms with Gasteiger partial charge < -0.3 is 9.47 Å². The highest BCUT2D eigenvalue weighted by Gasteiger charge is 2.50. The number of esters is 1. The van der Waals surface area contributed by atoms with Gasteiger partial charge in [-0.25, -0.2) is 0 Å². The van der Waals surface area contributed by atoms with Gasteiger partial charge in [-0.05, 0) is 37.6 Å². The summed E-state index contributed by atoms with van der Waals surface area (Å²) in [7, 11) is 0. The molecule has 0 bridgehead atoms. The molecule has 2 aliphatic rings. The molecule has 0 spiro atoms. The fourth-order valence-corrected chi connectivity index (χ4v) is 3.85. The van der Waals surface area contributed by atoms with Crippen molar-refractivity contribution in [2.75, 3.05) is 32.8 Å². The van der Waals surface area contributed by atoms with E-state index in [1.807, 2.05) is 54.6 Å². The van der Waals surface area contributed by atoms with Crippen molar-refractivity contribution in [2.24, 2.45) is 0 Å². The van der Waals surface area contributed by atoms with E-state index in [1.165, 1.54) is 12.8 Å². The van der Waals surface area contributed by atoms with Crippen LogP contribution in [0.25, 0.3) is 0 Å². The zero-order valence-electron chi connectivity index (χ0n) is 14.3. The normalized spacial score (nSPS) is 22.4. The first-order chi connectivity index (χ1) is 12.3. The highest BCUT2D eigenvalue weighted by atomic mass is 16.5. The standard InChI is InChI=1S/C21H23NO3/c23-20(24-15-14-22-12-6-7-13-22)21(17-8-2-1-3-9-17)16-25-19-11-5-4-10-18(19)21/h1-5,8-11H,6-7,12-16H2. The third-order valence-corrected chi connectivity index (χ3v) is 5.25. The van der Waals surface area contributed by atoms with Gasteiger partial charge in [-0.15, -0.1) is 0 Å². The highest BCUT2D eigenvalue weighted by Crippen LogP contribution is 2.44. The summed E-state index contributed by atoms with van der Waals surface area (Å²) in [4.78, 5) is 15.5. The summed E-state index contributed by atoms with van der Waals surface area (Å²) in [6.07, 6.45) is 2.48. The Labute approximate surface area is 148 Å². The molecule has 2 heterocycles. The number of ether oxygens (including phenoxy) is 2. The number of hydrogen-bond donors (Lipinski definition) is 0. The van der Waals surface area contributed by atoms with Crippen molar-refractivity contribution < 1.29 is 14.3 Å². The molecule has 25 heavy (non-hydrogen) atoms. The molecule has 0 amide bonds. The van der Waals surface area contributed by atoms with Crippen LogP contribution in [0.4, 0.5) is 0 Å². The van der Waals surface area contributed by atoms with Gasteiger partial charge >= 0.3 is 5.97 Å². The zero-order valence-corrected chi connectivity index (χ0v) is 14.3. The molecule has 0 radical (unpaired) electrons. The van der Waals surface area contributed by atoms with E-state index in [0.717, 1.165) is 36.5 Å². The van der Waals surface area contributed by atoms with Crippen molar-refractivity contribution in [2.45, 2.75) is 18.3 Å². The van der Waals surface area contributed by atoms with Gasteiger partial charge in [-0.3, -0.25) is 9.69 Å². The molecule has 0 aliphatic carbocycles. The average molecular weight is 337 g/mol. The lowest BCUT2D eigenvalue weighted by molar-refractivity contribution is -0.149. The van der Waals surface area contributed by atoms with Crippen LogP contribution >= 0.6 is 0 Å². The van der Waals surface area contributed by atoms with Gasteiger partial charge in [0, 0.05) is 12.1 Å². The Morgan fingerprint density at radius 2 is 1.76 bits per heavy atom. The van der Waals surface area contributed by atoms with Crippen molar-refractivity contribution in [3.63, 3.8) is 0 Å². The Morgan fingerprint density at radius 3 is 2.56 bits per heavy atom. The summed E-state index contributed by atoms with van der Waals surface area (Å²) in [5, 5.41) is 0. The maximum Gasteiger partial charge on any atom is 0.324 e. The topological polar surface area (TPSA) is 38.8 Å². The van der Waals surface area contributed by atoms with Gasteiger partial charge in [0.25, 0.3) is 0 Å². The molecular formula is C21H23NO3. The Morgan fingerprint density at radius 1 is 1.04 bits per heavy atom. The molecule has 1 unspecified atom stereocenters. The molecule has 4 heteroatoms. The van der Waals surface area contributed by atoms with Crippen LogP contribution in [0.3, 0.4) is 0 Å². The largest absolute Gasteiger partial charge is 0.491 e. The quantitative estimate of drug-likeness (QED) is 0.786. The molecule has 2 aromatic carbocycles. The van der Waals surface area contributed by atoms with Crippen LogP contribution in [0.2, 0.25) is 0 Å². The van der Waals surface area contributed by atoms with E-state index in [4.69, 9.17) is 9.47 Å². The summed E-state index contributed by atoms with van der Waals surface area (Å²) >= 11 is 0. The van der Waals surface area contributed by atoms with Crippen LogP contribution in [0.15, 0.2) is 54.6 Å². The third kappa shape index (κ3) is 2.91. The van der Waals surface area contributed by atoms with Crippen molar-refractivity contribution in [1.29, 1.82) is 0 Å². The fraction of sp³-hybridized carbons (Fsp3) is 0.381. The number of nitrogens with zero attached hydrogens (tertiary/aromatic N) is 1. The number of benzene rings is 2. The van der Waals surface area contributed by atoms with Gasteiger partial charge in [0.05, 0.1) is 0 Å². The minimum absolute atomic E-state index is 0.220. The molecule has 1 fully saturated rings. The van der Waals surface area contributed by atoms with Gasteiger partial charge in [-0.1, -0.05) is 48.5 Å². The molecule has 1 atom stereocenters. The molecule has 0 aromatic heterocycles. The SMILES string of the molecule is O=C(OCCN1CCCC1)C1(c2ccccc2)COc2ccccc21. The van der Waals surface area contributed by atoms with Crippen LogP contribution in [-0.4, -0.2) is 43.7 Å². The lowest BCUT2D eigenvalue weighted by Crippen LogP contribution is -2.41. The first-order valence-electron chi connectivity index (χ1n) is 8.98. The molecule has 130 valence electrons. The summed E-state index contributed by atoms with van der Waals surface area (Å²) in [6, 6.07) is 17.6. The number of fused-ring (bicyclic) bond motifs is 1. The number of carbonyl (C=O) groups is 1. The zero-order chi connectivity index (χ0) is 17.1. The number of carbonyl (C=O) groups excluding carboxylic acids is 1. The van der Waals surface area contributed by atoms with E-state index in [-0.39, 0.29) is 5.97 Å². The maximum atomic E-state index is 13.2. The monoisotopic (exact) mass is 337 g/mol. The highest BCUT2D eigenvalue weighted by molar-refractivity contribution is 5.90.